The predicted octanol–water partition coefficient (Wildman–Crippen LogP) is 2.54. The van der Waals surface area contributed by atoms with Crippen molar-refractivity contribution in [2.75, 3.05) is 18.6 Å². The van der Waals surface area contributed by atoms with Crippen molar-refractivity contribution in [3.05, 3.63) is 48.0 Å². The molecular formula is C15H19NO2S. The van der Waals surface area contributed by atoms with Crippen molar-refractivity contribution >= 4 is 20.6 Å². The van der Waals surface area contributed by atoms with E-state index in [4.69, 9.17) is 0 Å². The van der Waals surface area contributed by atoms with Gasteiger partial charge in [0.15, 0.2) is 0 Å². The smallest absolute Gasteiger partial charge is 0.148 e. The summed E-state index contributed by atoms with van der Waals surface area (Å²) in [6.07, 6.45) is 1.26. The maximum absolute atomic E-state index is 11.1. The Kier molecular flexibility index (Phi) is 4.22. The Hall–Kier alpha value is -1.39. The summed E-state index contributed by atoms with van der Waals surface area (Å²) in [7, 11) is -2.91. The van der Waals surface area contributed by atoms with Crippen LogP contribution >= 0.6 is 0 Å². The highest BCUT2D eigenvalue weighted by Crippen LogP contribution is 2.23. The molecule has 1 unspecified atom stereocenters. The Bertz CT molecular complexity index is 659. The van der Waals surface area contributed by atoms with Crippen LogP contribution in [0.3, 0.4) is 0 Å². The minimum atomic E-state index is -2.91. The van der Waals surface area contributed by atoms with Gasteiger partial charge < -0.3 is 5.32 Å². The summed E-state index contributed by atoms with van der Waals surface area (Å²) in [4.78, 5) is 0. The monoisotopic (exact) mass is 277 g/mol. The Morgan fingerprint density at radius 2 is 1.79 bits per heavy atom. The van der Waals surface area contributed by atoms with Crippen LogP contribution in [-0.4, -0.2) is 27.0 Å². The molecule has 0 amide bonds. The van der Waals surface area contributed by atoms with E-state index in [0.717, 1.165) is 0 Å². The average Bonchev–Trinajstić information content (AvgIpc) is 2.36. The van der Waals surface area contributed by atoms with Gasteiger partial charge in [-0.1, -0.05) is 42.5 Å². The standard InChI is InChI=1S/C15H19NO2S/c1-12(16-10-11-19(2,17)18)14-9-5-7-13-6-3-4-8-15(13)14/h3-9,12,16H,10-11H2,1-2H3. The number of benzene rings is 2. The lowest BCUT2D eigenvalue weighted by molar-refractivity contribution is 0.577. The maximum atomic E-state index is 11.1. The minimum Gasteiger partial charge on any atom is -0.309 e. The first-order valence-electron chi connectivity index (χ1n) is 6.36. The van der Waals surface area contributed by atoms with Crippen LogP contribution in [0, 0.1) is 0 Å². The molecule has 0 saturated heterocycles. The molecule has 1 atom stereocenters. The molecule has 0 radical (unpaired) electrons. The number of nitrogens with one attached hydrogen (secondary N) is 1. The fourth-order valence-electron chi connectivity index (χ4n) is 2.20. The number of rotatable bonds is 5. The van der Waals surface area contributed by atoms with Crippen LogP contribution in [0.25, 0.3) is 10.8 Å². The van der Waals surface area contributed by atoms with Crippen LogP contribution in [0.4, 0.5) is 0 Å². The van der Waals surface area contributed by atoms with Gasteiger partial charge in [-0.15, -0.1) is 0 Å². The second-order valence-corrected chi connectivity index (χ2v) is 7.13. The molecule has 0 aliphatic carbocycles. The summed E-state index contributed by atoms with van der Waals surface area (Å²) < 4.78 is 22.2. The molecule has 4 heteroatoms. The van der Waals surface area contributed by atoms with Crippen LogP contribution < -0.4 is 5.32 Å². The van der Waals surface area contributed by atoms with Crippen molar-refractivity contribution in [3.8, 4) is 0 Å². The molecule has 3 nitrogen and oxygen atoms in total. The van der Waals surface area contributed by atoms with Crippen molar-refractivity contribution in [1.82, 2.24) is 5.32 Å². The van der Waals surface area contributed by atoms with Gasteiger partial charge in [-0.3, -0.25) is 0 Å². The van der Waals surface area contributed by atoms with E-state index in [2.05, 4.69) is 36.5 Å². The van der Waals surface area contributed by atoms with Crippen molar-refractivity contribution in [1.29, 1.82) is 0 Å². The molecule has 2 aromatic carbocycles. The third-order valence-corrected chi connectivity index (χ3v) is 4.16. The van der Waals surface area contributed by atoms with E-state index in [1.807, 2.05) is 18.2 Å². The maximum Gasteiger partial charge on any atom is 0.148 e. The molecule has 0 heterocycles. The molecule has 2 rings (SSSR count). The molecule has 0 aromatic heterocycles. The third-order valence-electron chi connectivity index (χ3n) is 3.21. The third kappa shape index (κ3) is 3.78. The molecule has 2 aromatic rings. The molecule has 0 spiro atoms. The first-order valence-corrected chi connectivity index (χ1v) is 8.42. The number of hydrogen-bond donors (Lipinski definition) is 1. The quantitative estimate of drug-likeness (QED) is 0.913. The summed E-state index contributed by atoms with van der Waals surface area (Å²) in [5, 5.41) is 5.69. The van der Waals surface area contributed by atoms with Crippen LogP contribution in [-0.2, 0) is 9.84 Å². The molecule has 0 aliphatic heterocycles. The summed E-state index contributed by atoms with van der Waals surface area (Å²) >= 11 is 0. The van der Waals surface area contributed by atoms with Gasteiger partial charge in [0, 0.05) is 18.8 Å². The lowest BCUT2D eigenvalue weighted by atomic mass is 10.00. The van der Waals surface area contributed by atoms with Gasteiger partial charge in [-0.2, -0.15) is 0 Å². The molecule has 0 aliphatic rings. The Morgan fingerprint density at radius 1 is 1.11 bits per heavy atom. The van der Waals surface area contributed by atoms with Crippen LogP contribution in [0.5, 0.6) is 0 Å². The highest BCUT2D eigenvalue weighted by Gasteiger charge is 2.09. The number of fused-ring (bicyclic) bond motifs is 1. The fourth-order valence-corrected chi connectivity index (χ4v) is 2.69. The highest BCUT2D eigenvalue weighted by molar-refractivity contribution is 7.90. The average molecular weight is 277 g/mol. The normalized spacial score (nSPS) is 13.6. The van der Waals surface area contributed by atoms with E-state index >= 15 is 0 Å². The zero-order valence-corrected chi connectivity index (χ0v) is 12.1. The molecule has 1 N–H and O–H groups in total. The predicted molar refractivity (Wildman–Crippen MR) is 80.1 cm³/mol. The minimum absolute atomic E-state index is 0.132. The summed E-state index contributed by atoms with van der Waals surface area (Å²) in [5.74, 6) is 0.169. The molecule has 19 heavy (non-hydrogen) atoms. The van der Waals surface area contributed by atoms with Gasteiger partial charge in [-0.25, -0.2) is 8.42 Å². The summed E-state index contributed by atoms with van der Waals surface area (Å²) in [5.41, 5.74) is 1.20. The van der Waals surface area contributed by atoms with Gasteiger partial charge in [0.05, 0.1) is 5.75 Å². The molecular weight excluding hydrogens is 258 g/mol. The van der Waals surface area contributed by atoms with Crippen LogP contribution in [0.2, 0.25) is 0 Å². The van der Waals surface area contributed by atoms with Gasteiger partial charge in [0.25, 0.3) is 0 Å². The molecule has 102 valence electrons. The van der Waals surface area contributed by atoms with Crippen molar-refractivity contribution in [2.45, 2.75) is 13.0 Å². The zero-order chi connectivity index (χ0) is 13.9. The Labute approximate surface area is 114 Å². The van der Waals surface area contributed by atoms with Crippen LogP contribution in [0.1, 0.15) is 18.5 Å². The first kappa shape index (κ1) is 14.0. The lowest BCUT2D eigenvalue weighted by Crippen LogP contribution is -2.25. The first-order chi connectivity index (χ1) is 8.97. The molecule has 0 fully saturated rings. The van der Waals surface area contributed by atoms with E-state index in [9.17, 15) is 8.42 Å². The number of sulfone groups is 1. The van der Waals surface area contributed by atoms with Gasteiger partial charge in [0.1, 0.15) is 9.84 Å². The molecule has 0 saturated carbocycles. The van der Waals surface area contributed by atoms with Crippen molar-refractivity contribution < 1.29 is 8.42 Å². The number of hydrogen-bond acceptors (Lipinski definition) is 3. The second kappa shape index (κ2) is 5.72. The summed E-state index contributed by atoms with van der Waals surface area (Å²) in [6.45, 7) is 2.53. The van der Waals surface area contributed by atoms with E-state index in [0.29, 0.717) is 6.54 Å². The van der Waals surface area contributed by atoms with E-state index in [1.54, 1.807) is 0 Å². The van der Waals surface area contributed by atoms with Gasteiger partial charge >= 0.3 is 0 Å². The highest BCUT2D eigenvalue weighted by atomic mass is 32.2. The fraction of sp³-hybridized carbons (Fsp3) is 0.333. The van der Waals surface area contributed by atoms with Gasteiger partial charge in [0.2, 0.25) is 0 Å². The van der Waals surface area contributed by atoms with E-state index in [1.165, 1.54) is 22.6 Å². The second-order valence-electron chi connectivity index (χ2n) is 4.87. The van der Waals surface area contributed by atoms with E-state index in [-0.39, 0.29) is 11.8 Å². The largest absolute Gasteiger partial charge is 0.309 e. The lowest BCUT2D eigenvalue weighted by Gasteiger charge is -2.16. The molecule has 0 bridgehead atoms. The van der Waals surface area contributed by atoms with Crippen LogP contribution in [0.15, 0.2) is 42.5 Å². The van der Waals surface area contributed by atoms with Crippen molar-refractivity contribution in [3.63, 3.8) is 0 Å². The van der Waals surface area contributed by atoms with Gasteiger partial charge in [-0.05, 0) is 23.3 Å². The van der Waals surface area contributed by atoms with E-state index < -0.39 is 9.84 Å². The Balaban J connectivity index is 2.15. The topological polar surface area (TPSA) is 46.2 Å². The van der Waals surface area contributed by atoms with Crippen molar-refractivity contribution in [2.24, 2.45) is 0 Å². The SMILES string of the molecule is CC(NCCS(C)(=O)=O)c1cccc2ccccc12. The summed E-state index contributed by atoms with van der Waals surface area (Å²) in [6, 6.07) is 14.6. The Morgan fingerprint density at radius 3 is 2.53 bits per heavy atom. The zero-order valence-electron chi connectivity index (χ0n) is 11.3.